The van der Waals surface area contributed by atoms with Crippen molar-refractivity contribution in [2.45, 2.75) is 25.5 Å². The SMILES string of the molecule is CN1C(=O)/C(=C\c2cn(CC(=O)NC[C@@H]3CCCO3)c3ccccc23)NC1=S. The Morgan fingerprint density at radius 1 is 1.43 bits per heavy atom. The summed E-state index contributed by atoms with van der Waals surface area (Å²) >= 11 is 5.13. The molecule has 2 aromatic rings. The van der Waals surface area contributed by atoms with Crippen LogP contribution in [0, 0.1) is 0 Å². The van der Waals surface area contributed by atoms with Gasteiger partial charge in [-0.15, -0.1) is 0 Å². The summed E-state index contributed by atoms with van der Waals surface area (Å²) in [6.45, 7) is 1.51. The molecule has 0 unspecified atom stereocenters. The molecule has 8 heteroatoms. The van der Waals surface area contributed by atoms with E-state index in [1.165, 1.54) is 4.90 Å². The number of nitrogens with one attached hydrogen (secondary N) is 2. The van der Waals surface area contributed by atoms with Crippen LogP contribution in [0.4, 0.5) is 0 Å². The maximum absolute atomic E-state index is 12.4. The summed E-state index contributed by atoms with van der Waals surface area (Å²) in [6, 6.07) is 7.81. The number of carbonyl (C=O) groups excluding carboxylic acids is 2. The second-order valence-electron chi connectivity index (χ2n) is 7.02. The molecule has 0 radical (unpaired) electrons. The van der Waals surface area contributed by atoms with Crippen LogP contribution in [0.5, 0.6) is 0 Å². The molecule has 2 N–H and O–H groups in total. The normalized spacial score (nSPS) is 21.0. The Morgan fingerprint density at radius 3 is 2.96 bits per heavy atom. The average molecular weight is 398 g/mol. The van der Waals surface area contributed by atoms with Gasteiger partial charge in [-0.2, -0.15) is 0 Å². The highest BCUT2D eigenvalue weighted by molar-refractivity contribution is 7.80. The van der Waals surface area contributed by atoms with E-state index in [-0.39, 0.29) is 24.5 Å². The third kappa shape index (κ3) is 3.65. The molecule has 1 atom stereocenters. The van der Waals surface area contributed by atoms with Crippen LogP contribution in [-0.4, -0.2) is 52.7 Å². The van der Waals surface area contributed by atoms with E-state index < -0.39 is 0 Å². The van der Waals surface area contributed by atoms with Crippen molar-refractivity contribution in [3.63, 3.8) is 0 Å². The fourth-order valence-electron chi connectivity index (χ4n) is 3.54. The van der Waals surface area contributed by atoms with E-state index in [2.05, 4.69) is 10.6 Å². The van der Waals surface area contributed by atoms with Gasteiger partial charge in [-0.25, -0.2) is 0 Å². The number of rotatable bonds is 5. The van der Waals surface area contributed by atoms with Crippen molar-refractivity contribution < 1.29 is 14.3 Å². The number of ether oxygens (including phenoxy) is 1. The van der Waals surface area contributed by atoms with Crippen LogP contribution in [0.25, 0.3) is 17.0 Å². The lowest BCUT2D eigenvalue weighted by molar-refractivity contribution is -0.122. The molecule has 2 fully saturated rings. The van der Waals surface area contributed by atoms with Crippen LogP contribution in [-0.2, 0) is 20.9 Å². The monoisotopic (exact) mass is 398 g/mol. The Bertz CT molecular complexity index is 975. The number of amides is 2. The van der Waals surface area contributed by atoms with Gasteiger partial charge in [0.25, 0.3) is 5.91 Å². The van der Waals surface area contributed by atoms with E-state index in [0.29, 0.717) is 17.4 Å². The molecule has 0 spiro atoms. The smallest absolute Gasteiger partial charge is 0.276 e. The van der Waals surface area contributed by atoms with Crippen LogP contribution in [0.15, 0.2) is 36.2 Å². The Kier molecular flexibility index (Phi) is 5.15. The van der Waals surface area contributed by atoms with Gasteiger partial charge in [-0.05, 0) is 37.2 Å². The minimum Gasteiger partial charge on any atom is -0.376 e. The standard InChI is InChI=1S/C20H22N4O3S/c1-23-19(26)16(22-20(23)28)9-13-11-24(17-7-3-2-6-15(13)17)12-18(25)21-10-14-5-4-8-27-14/h2-3,6-7,9,11,14H,4-5,8,10,12H2,1H3,(H,21,25)(H,22,28)/b16-9+/t14-/m0/s1. The maximum atomic E-state index is 12.4. The van der Waals surface area contributed by atoms with Crippen LogP contribution in [0.3, 0.4) is 0 Å². The minimum absolute atomic E-state index is 0.0635. The van der Waals surface area contributed by atoms with Gasteiger partial charge in [0.15, 0.2) is 5.11 Å². The van der Waals surface area contributed by atoms with Crippen LogP contribution >= 0.6 is 12.2 Å². The fourth-order valence-corrected chi connectivity index (χ4v) is 3.74. The van der Waals surface area contributed by atoms with Gasteiger partial charge < -0.3 is 19.9 Å². The first-order valence-corrected chi connectivity index (χ1v) is 9.70. The van der Waals surface area contributed by atoms with Gasteiger partial charge in [0.1, 0.15) is 12.2 Å². The van der Waals surface area contributed by atoms with Gasteiger partial charge in [0, 0.05) is 42.9 Å². The summed E-state index contributed by atoms with van der Waals surface area (Å²) in [5.74, 6) is -0.234. The molecule has 4 rings (SSSR count). The van der Waals surface area contributed by atoms with Gasteiger partial charge >= 0.3 is 0 Å². The predicted octanol–water partition coefficient (Wildman–Crippen LogP) is 1.62. The summed E-state index contributed by atoms with van der Waals surface area (Å²) in [4.78, 5) is 26.1. The highest BCUT2D eigenvalue weighted by Crippen LogP contribution is 2.24. The van der Waals surface area contributed by atoms with Crippen molar-refractivity contribution in [3.8, 4) is 0 Å². The molecule has 28 heavy (non-hydrogen) atoms. The summed E-state index contributed by atoms with van der Waals surface area (Å²) in [5.41, 5.74) is 2.22. The number of benzene rings is 1. The number of fused-ring (bicyclic) bond motifs is 1. The maximum Gasteiger partial charge on any atom is 0.276 e. The molecule has 7 nitrogen and oxygen atoms in total. The molecule has 0 aliphatic carbocycles. The first-order chi connectivity index (χ1) is 13.5. The second-order valence-corrected chi connectivity index (χ2v) is 7.41. The first kappa shape index (κ1) is 18.6. The Balaban J connectivity index is 1.55. The molecule has 0 saturated carbocycles. The molecule has 1 aromatic heterocycles. The van der Waals surface area contributed by atoms with Crippen LogP contribution < -0.4 is 10.6 Å². The van der Waals surface area contributed by atoms with Crippen molar-refractivity contribution in [3.05, 3.63) is 41.7 Å². The quantitative estimate of drug-likeness (QED) is 0.591. The van der Waals surface area contributed by atoms with Gasteiger partial charge in [-0.1, -0.05) is 18.2 Å². The molecule has 1 aromatic carbocycles. The van der Waals surface area contributed by atoms with Crippen LogP contribution in [0.1, 0.15) is 18.4 Å². The number of hydrogen-bond donors (Lipinski definition) is 2. The topological polar surface area (TPSA) is 75.6 Å². The zero-order valence-electron chi connectivity index (χ0n) is 15.6. The molecule has 146 valence electrons. The van der Waals surface area contributed by atoms with Gasteiger partial charge in [0.05, 0.1) is 6.10 Å². The van der Waals surface area contributed by atoms with E-state index in [1.54, 1.807) is 13.1 Å². The average Bonchev–Trinajstić information content (AvgIpc) is 3.38. The van der Waals surface area contributed by atoms with Gasteiger partial charge in [0.2, 0.25) is 5.91 Å². The lowest BCUT2D eigenvalue weighted by Crippen LogP contribution is -2.34. The molecule has 0 bridgehead atoms. The predicted molar refractivity (Wildman–Crippen MR) is 110 cm³/mol. The number of likely N-dealkylation sites (N-methyl/N-ethyl adjacent to an activating group) is 1. The lowest BCUT2D eigenvalue weighted by Gasteiger charge is -2.11. The number of thiocarbonyl (C=S) groups is 1. The summed E-state index contributed by atoms with van der Waals surface area (Å²) in [7, 11) is 1.64. The third-order valence-electron chi connectivity index (χ3n) is 5.07. The zero-order valence-corrected chi connectivity index (χ0v) is 16.4. The van der Waals surface area contributed by atoms with Crippen molar-refractivity contribution in [1.29, 1.82) is 0 Å². The molecule has 2 amide bonds. The molecule has 2 aliphatic heterocycles. The number of hydrogen-bond acceptors (Lipinski definition) is 4. The van der Waals surface area contributed by atoms with Crippen LogP contribution in [0.2, 0.25) is 0 Å². The van der Waals surface area contributed by atoms with E-state index in [9.17, 15) is 9.59 Å². The summed E-state index contributed by atoms with van der Waals surface area (Å²) < 4.78 is 7.44. The molecule has 3 heterocycles. The second kappa shape index (κ2) is 7.73. The van der Waals surface area contributed by atoms with E-state index in [0.717, 1.165) is 35.9 Å². The number of carbonyl (C=O) groups is 2. The van der Waals surface area contributed by atoms with Crippen molar-refractivity contribution in [1.82, 2.24) is 20.1 Å². The van der Waals surface area contributed by atoms with Gasteiger partial charge in [-0.3, -0.25) is 14.5 Å². The Labute approximate surface area is 168 Å². The van der Waals surface area contributed by atoms with Crippen molar-refractivity contribution in [2.24, 2.45) is 0 Å². The number of para-hydroxylation sites is 1. The number of aromatic nitrogens is 1. The Hall–Kier alpha value is -2.71. The number of nitrogens with zero attached hydrogens (tertiary/aromatic N) is 2. The molecular formula is C20H22N4O3S. The third-order valence-corrected chi connectivity index (χ3v) is 5.44. The van der Waals surface area contributed by atoms with E-state index in [4.69, 9.17) is 17.0 Å². The largest absolute Gasteiger partial charge is 0.376 e. The molecular weight excluding hydrogens is 376 g/mol. The Morgan fingerprint density at radius 2 is 2.25 bits per heavy atom. The highest BCUT2D eigenvalue weighted by Gasteiger charge is 2.27. The van der Waals surface area contributed by atoms with Crippen molar-refractivity contribution >= 4 is 46.1 Å². The molecule has 2 aliphatic rings. The lowest BCUT2D eigenvalue weighted by atomic mass is 10.1. The van der Waals surface area contributed by atoms with E-state index in [1.807, 2.05) is 35.0 Å². The molecule has 2 saturated heterocycles. The van der Waals surface area contributed by atoms with Crippen molar-refractivity contribution in [2.75, 3.05) is 20.2 Å². The van der Waals surface area contributed by atoms with E-state index >= 15 is 0 Å². The minimum atomic E-state index is -0.170. The summed E-state index contributed by atoms with van der Waals surface area (Å²) in [6.07, 6.45) is 5.82. The summed E-state index contributed by atoms with van der Waals surface area (Å²) in [5, 5.41) is 7.24. The first-order valence-electron chi connectivity index (χ1n) is 9.30. The zero-order chi connectivity index (χ0) is 19.7. The highest BCUT2D eigenvalue weighted by atomic mass is 32.1. The fraction of sp³-hybridized carbons (Fsp3) is 0.350.